The SMILES string of the molecule is CCN(CC)CCN(CCSc1ccccc1)/C(=N/C#N)SC.O=C(O)C(=O)O. The zero-order valence-corrected chi connectivity index (χ0v) is 18.6. The van der Waals surface area contributed by atoms with Crippen LogP contribution in [0.1, 0.15) is 13.8 Å². The van der Waals surface area contributed by atoms with Gasteiger partial charge in [0.05, 0.1) is 0 Å². The lowest BCUT2D eigenvalue weighted by Gasteiger charge is -2.27. The molecule has 1 rings (SSSR count). The summed E-state index contributed by atoms with van der Waals surface area (Å²) in [6.45, 7) is 9.24. The van der Waals surface area contributed by atoms with E-state index in [-0.39, 0.29) is 0 Å². The van der Waals surface area contributed by atoms with Crippen LogP contribution in [0.25, 0.3) is 0 Å². The number of amidine groups is 1. The summed E-state index contributed by atoms with van der Waals surface area (Å²) in [5.74, 6) is -2.67. The number of likely N-dealkylation sites (N-methyl/N-ethyl adjacent to an activating group) is 1. The lowest BCUT2D eigenvalue weighted by molar-refractivity contribution is -0.159. The molecular weight excluding hydrogens is 412 g/mol. The first-order valence-electron chi connectivity index (χ1n) is 9.01. The number of hydrogen-bond acceptors (Lipinski definition) is 7. The zero-order valence-electron chi connectivity index (χ0n) is 16.9. The highest BCUT2D eigenvalue weighted by Crippen LogP contribution is 2.17. The molecule has 8 nitrogen and oxygen atoms in total. The number of aliphatic imine (C=N–C) groups is 1. The summed E-state index contributed by atoms with van der Waals surface area (Å²) in [6.07, 6.45) is 3.91. The minimum absolute atomic E-state index is 0.813. The van der Waals surface area contributed by atoms with E-state index in [4.69, 9.17) is 25.1 Å². The Morgan fingerprint density at radius 2 is 1.66 bits per heavy atom. The van der Waals surface area contributed by atoms with Crippen LogP contribution in [0.5, 0.6) is 0 Å². The summed E-state index contributed by atoms with van der Waals surface area (Å²) in [5, 5.41) is 24.5. The molecule has 0 aliphatic rings. The van der Waals surface area contributed by atoms with E-state index in [1.165, 1.54) is 4.90 Å². The monoisotopic (exact) mass is 440 g/mol. The number of nitriles is 1. The van der Waals surface area contributed by atoms with Gasteiger partial charge in [0.2, 0.25) is 6.19 Å². The quantitative estimate of drug-likeness (QED) is 0.196. The third-order valence-corrected chi connectivity index (χ3v) is 5.44. The van der Waals surface area contributed by atoms with E-state index < -0.39 is 11.9 Å². The number of rotatable bonds is 9. The molecule has 0 atom stereocenters. The summed E-state index contributed by atoms with van der Waals surface area (Å²) >= 11 is 3.38. The van der Waals surface area contributed by atoms with E-state index in [0.717, 1.165) is 43.6 Å². The number of carboxylic acid groups (broad SMARTS) is 2. The van der Waals surface area contributed by atoms with Gasteiger partial charge in [0.15, 0.2) is 5.17 Å². The van der Waals surface area contributed by atoms with Crippen LogP contribution < -0.4 is 0 Å². The highest BCUT2D eigenvalue weighted by molar-refractivity contribution is 8.13. The molecule has 0 aliphatic carbocycles. The number of carbonyl (C=O) groups is 2. The van der Waals surface area contributed by atoms with Gasteiger partial charge in [-0.25, -0.2) is 9.59 Å². The van der Waals surface area contributed by atoms with Crippen LogP contribution in [0.3, 0.4) is 0 Å². The van der Waals surface area contributed by atoms with Crippen LogP contribution in [0.15, 0.2) is 40.2 Å². The number of benzene rings is 1. The van der Waals surface area contributed by atoms with Gasteiger partial charge in [-0.05, 0) is 31.5 Å². The molecule has 0 saturated carbocycles. The third-order valence-electron chi connectivity index (χ3n) is 3.74. The summed E-state index contributed by atoms with van der Waals surface area (Å²) < 4.78 is 0. The van der Waals surface area contributed by atoms with Gasteiger partial charge in [-0.1, -0.05) is 43.8 Å². The first-order valence-corrected chi connectivity index (χ1v) is 11.2. The van der Waals surface area contributed by atoms with Crippen molar-refractivity contribution in [3.05, 3.63) is 30.3 Å². The fourth-order valence-electron chi connectivity index (χ4n) is 2.18. The Kier molecular flexibility index (Phi) is 15.4. The van der Waals surface area contributed by atoms with Crippen LogP contribution in [0.4, 0.5) is 0 Å². The van der Waals surface area contributed by atoms with Crippen LogP contribution in [-0.2, 0) is 9.59 Å². The second-order valence-electron chi connectivity index (χ2n) is 5.48. The van der Waals surface area contributed by atoms with Crippen molar-refractivity contribution in [2.45, 2.75) is 18.7 Å². The van der Waals surface area contributed by atoms with Crippen molar-refractivity contribution in [3.63, 3.8) is 0 Å². The normalized spacial score (nSPS) is 10.7. The average Bonchev–Trinajstić information content (AvgIpc) is 2.72. The van der Waals surface area contributed by atoms with E-state index in [1.54, 1.807) is 11.8 Å². The van der Waals surface area contributed by atoms with Crippen LogP contribution in [-0.4, -0.2) is 81.9 Å². The molecule has 0 saturated heterocycles. The molecule has 0 unspecified atom stereocenters. The van der Waals surface area contributed by atoms with Gasteiger partial charge < -0.3 is 20.0 Å². The fourth-order valence-corrected chi connectivity index (χ4v) is 3.65. The van der Waals surface area contributed by atoms with Gasteiger partial charge in [0, 0.05) is 30.3 Å². The Morgan fingerprint density at radius 3 is 2.10 bits per heavy atom. The zero-order chi connectivity index (χ0) is 22.1. The molecule has 29 heavy (non-hydrogen) atoms. The average molecular weight is 441 g/mol. The van der Waals surface area contributed by atoms with Gasteiger partial charge in [-0.3, -0.25) is 0 Å². The number of carboxylic acids is 2. The Hall–Kier alpha value is -2.22. The molecule has 0 spiro atoms. The van der Waals surface area contributed by atoms with Gasteiger partial charge in [-0.15, -0.1) is 16.8 Å². The Balaban J connectivity index is 0.00000113. The molecule has 0 heterocycles. The van der Waals surface area contributed by atoms with Gasteiger partial charge in [0.1, 0.15) is 0 Å². The van der Waals surface area contributed by atoms with E-state index >= 15 is 0 Å². The summed E-state index contributed by atoms with van der Waals surface area (Å²) in [7, 11) is 0. The number of thioether (sulfide) groups is 2. The predicted molar refractivity (Wildman–Crippen MR) is 118 cm³/mol. The summed E-state index contributed by atoms with van der Waals surface area (Å²) in [4.78, 5) is 28.1. The smallest absolute Gasteiger partial charge is 0.414 e. The van der Waals surface area contributed by atoms with Gasteiger partial charge in [-0.2, -0.15) is 5.26 Å². The molecule has 0 aromatic heterocycles. The maximum absolute atomic E-state index is 9.10. The van der Waals surface area contributed by atoms with E-state index in [1.807, 2.05) is 30.3 Å². The first kappa shape index (κ1) is 26.8. The number of hydrogen-bond donors (Lipinski definition) is 2. The molecule has 2 N–H and O–H groups in total. The lowest BCUT2D eigenvalue weighted by Crippen LogP contribution is -2.38. The van der Waals surface area contributed by atoms with E-state index in [2.05, 4.69) is 52.9 Å². The van der Waals surface area contributed by atoms with Crippen LogP contribution in [0, 0.1) is 11.5 Å². The molecule has 0 fully saturated rings. The van der Waals surface area contributed by atoms with E-state index in [9.17, 15) is 0 Å². The molecule has 160 valence electrons. The standard InChI is InChI=1S/C17H26N4S2.C2H2O4/c1-4-20(5-2)11-12-21(17(22-3)19-15-18)13-14-23-16-9-7-6-8-10-16;3-1(4)2(5)6/h6-10H,4-5,11-14H2,1-3H3;(H,3,4)(H,5,6)/b19-17-;. The molecule has 0 aliphatic heterocycles. The predicted octanol–water partition coefficient (Wildman–Crippen LogP) is 2.78. The maximum atomic E-state index is 9.10. The maximum Gasteiger partial charge on any atom is 0.414 e. The van der Waals surface area contributed by atoms with E-state index in [0.29, 0.717) is 0 Å². The topological polar surface area (TPSA) is 117 Å². The highest BCUT2D eigenvalue weighted by Gasteiger charge is 2.12. The first-order chi connectivity index (χ1) is 13.9. The van der Waals surface area contributed by atoms with Crippen LogP contribution >= 0.6 is 23.5 Å². The molecule has 10 heteroatoms. The van der Waals surface area contributed by atoms with Gasteiger partial charge in [0.25, 0.3) is 0 Å². The second-order valence-corrected chi connectivity index (χ2v) is 7.43. The molecule has 0 amide bonds. The minimum Gasteiger partial charge on any atom is -0.473 e. The second kappa shape index (κ2) is 16.7. The highest BCUT2D eigenvalue weighted by atomic mass is 32.2. The van der Waals surface area contributed by atoms with Crippen molar-refractivity contribution >= 4 is 40.6 Å². The van der Waals surface area contributed by atoms with Crippen molar-refractivity contribution < 1.29 is 19.8 Å². The number of nitrogens with zero attached hydrogens (tertiary/aromatic N) is 4. The fraction of sp³-hybridized carbons (Fsp3) is 0.474. The Morgan fingerprint density at radius 1 is 1.07 bits per heavy atom. The Bertz CT molecular complexity index is 665. The van der Waals surface area contributed by atoms with Crippen molar-refractivity contribution in [1.29, 1.82) is 5.26 Å². The summed E-state index contributed by atoms with van der Waals surface area (Å²) in [6, 6.07) is 10.4. The van der Waals surface area contributed by atoms with Crippen LogP contribution in [0.2, 0.25) is 0 Å². The lowest BCUT2D eigenvalue weighted by atomic mass is 10.4. The Labute approximate surface area is 180 Å². The molecule has 0 radical (unpaired) electrons. The largest absolute Gasteiger partial charge is 0.473 e. The number of aliphatic carboxylic acids is 2. The minimum atomic E-state index is -1.82. The molecule has 1 aromatic rings. The summed E-state index contributed by atoms with van der Waals surface area (Å²) in [5.41, 5.74) is 0. The van der Waals surface area contributed by atoms with Crippen molar-refractivity contribution in [2.24, 2.45) is 4.99 Å². The third kappa shape index (κ3) is 12.8. The van der Waals surface area contributed by atoms with Crippen molar-refractivity contribution in [3.8, 4) is 6.19 Å². The molecular formula is C19H28N4O4S2. The van der Waals surface area contributed by atoms with Crippen molar-refractivity contribution in [2.75, 3.05) is 44.7 Å². The van der Waals surface area contributed by atoms with Gasteiger partial charge >= 0.3 is 11.9 Å². The van der Waals surface area contributed by atoms with Crippen molar-refractivity contribution in [1.82, 2.24) is 9.80 Å². The molecule has 0 bridgehead atoms. The molecule has 1 aromatic carbocycles.